The van der Waals surface area contributed by atoms with E-state index in [-0.39, 0.29) is 11.8 Å². The second kappa shape index (κ2) is 5.22. The molecule has 1 fully saturated rings. The minimum atomic E-state index is 0.0633. The van der Waals surface area contributed by atoms with Crippen molar-refractivity contribution in [2.75, 3.05) is 6.61 Å². The van der Waals surface area contributed by atoms with Crippen molar-refractivity contribution in [1.82, 2.24) is 5.48 Å². The average molecular weight is 185 g/mol. The van der Waals surface area contributed by atoms with E-state index in [1.807, 2.05) is 6.92 Å². The fraction of sp³-hybridized carbons (Fsp3) is 0.900. The summed E-state index contributed by atoms with van der Waals surface area (Å²) in [5.74, 6) is 0.926. The van der Waals surface area contributed by atoms with Gasteiger partial charge in [-0.3, -0.25) is 9.63 Å². The molecule has 0 heterocycles. The third kappa shape index (κ3) is 3.35. The van der Waals surface area contributed by atoms with E-state index in [1.165, 1.54) is 12.8 Å². The molecular weight excluding hydrogens is 166 g/mol. The molecule has 76 valence electrons. The van der Waals surface area contributed by atoms with Crippen LogP contribution in [-0.4, -0.2) is 12.5 Å². The molecule has 2 unspecified atom stereocenters. The lowest BCUT2D eigenvalue weighted by molar-refractivity contribution is -0.138. The molecule has 1 aliphatic rings. The van der Waals surface area contributed by atoms with Gasteiger partial charge in [-0.25, -0.2) is 5.48 Å². The van der Waals surface area contributed by atoms with Gasteiger partial charge in [-0.2, -0.15) is 0 Å². The Hall–Kier alpha value is -0.570. The molecule has 0 bridgehead atoms. The van der Waals surface area contributed by atoms with Gasteiger partial charge < -0.3 is 0 Å². The predicted molar refractivity (Wildman–Crippen MR) is 50.9 cm³/mol. The molecule has 13 heavy (non-hydrogen) atoms. The first-order valence-electron chi connectivity index (χ1n) is 5.15. The summed E-state index contributed by atoms with van der Waals surface area (Å²) in [6, 6.07) is 0. The van der Waals surface area contributed by atoms with Crippen molar-refractivity contribution in [3.8, 4) is 0 Å². The van der Waals surface area contributed by atoms with E-state index in [2.05, 4.69) is 12.4 Å². The van der Waals surface area contributed by atoms with Gasteiger partial charge in [0.2, 0.25) is 5.91 Å². The minimum Gasteiger partial charge on any atom is -0.274 e. The molecule has 0 aromatic heterocycles. The Morgan fingerprint density at radius 2 is 2.31 bits per heavy atom. The number of carbonyl (C=O) groups excluding carboxylic acids is 1. The van der Waals surface area contributed by atoms with Crippen LogP contribution >= 0.6 is 0 Å². The van der Waals surface area contributed by atoms with E-state index in [4.69, 9.17) is 4.84 Å². The van der Waals surface area contributed by atoms with Crippen molar-refractivity contribution in [3.05, 3.63) is 0 Å². The maximum absolute atomic E-state index is 11.5. The summed E-state index contributed by atoms with van der Waals surface area (Å²) in [5.41, 5.74) is 2.48. The van der Waals surface area contributed by atoms with Crippen molar-refractivity contribution in [2.24, 2.45) is 11.8 Å². The molecule has 1 aliphatic carbocycles. The zero-order valence-electron chi connectivity index (χ0n) is 8.51. The van der Waals surface area contributed by atoms with Gasteiger partial charge in [-0.05, 0) is 25.7 Å². The molecule has 1 amide bonds. The molecule has 0 saturated heterocycles. The number of hydrogen-bond donors (Lipinski definition) is 1. The number of hydroxylamine groups is 1. The zero-order valence-corrected chi connectivity index (χ0v) is 8.51. The van der Waals surface area contributed by atoms with Gasteiger partial charge >= 0.3 is 0 Å². The second-order valence-electron chi connectivity index (χ2n) is 3.87. The maximum Gasteiger partial charge on any atom is 0.246 e. The van der Waals surface area contributed by atoms with E-state index in [0.29, 0.717) is 12.5 Å². The summed E-state index contributed by atoms with van der Waals surface area (Å²) >= 11 is 0. The quantitative estimate of drug-likeness (QED) is 0.682. The highest BCUT2D eigenvalue weighted by Gasteiger charge is 2.24. The molecule has 1 N–H and O–H groups in total. The summed E-state index contributed by atoms with van der Waals surface area (Å²) in [5, 5.41) is 0. The predicted octanol–water partition coefficient (Wildman–Crippen LogP) is 1.88. The number of rotatable bonds is 3. The van der Waals surface area contributed by atoms with Crippen LogP contribution in [0.3, 0.4) is 0 Å². The Labute approximate surface area is 79.8 Å². The Morgan fingerprint density at radius 1 is 1.54 bits per heavy atom. The van der Waals surface area contributed by atoms with Crippen molar-refractivity contribution in [1.29, 1.82) is 0 Å². The molecule has 0 aromatic carbocycles. The van der Waals surface area contributed by atoms with Crippen LogP contribution in [0.15, 0.2) is 0 Å². The summed E-state index contributed by atoms with van der Waals surface area (Å²) in [6.45, 7) is 4.61. The standard InChI is InChI=1S/C10H19NO2/c1-3-13-11-10(12)9-6-4-5-8(2)7-9/h8-9H,3-7H2,1-2H3,(H,11,12). The normalized spacial score (nSPS) is 28.5. The molecule has 3 heteroatoms. The largest absolute Gasteiger partial charge is 0.274 e. The van der Waals surface area contributed by atoms with Gasteiger partial charge in [0.1, 0.15) is 0 Å². The molecule has 2 atom stereocenters. The van der Waals surface area contributed by atoms with E-state index >= 15 is 0 Å². The first-order chi connectivity index (χ1) is 6.24. The monoisotopic (exact) mass is 185 g/mol. The van der Waals surface area contributed by atoms with Crippen LogP contribution in [0.25, 0.3) is 0 Å². The van der Waals surface area contributed by atoms with Crippen molar-refractivity contribution < 1.29 is 9.63 Å². The molecule has 0 aliphatic heterocycles. The van der Waals surface area contributed by atoms with E-state index in [1.54, 1.807) is 0 Å². The Kier molecular flexibility index (Phi) is 4.22. The van der Waals surface area contributed by atoms with Crippen LogP contribution < -0.4 is 5.48 Å². The smallest absolute Gasteiger partial charge is 0.246 e. The molecule has 0 radical (unpaired) electrons. The molecule has 1 saturated carbocycles. The average Bonchev–Trinajstić information content (AvgIpc) is 2.14. The Balaban J connectivity index is 2.28. The van der Waals surface area contributed by atoms with E-state index in [9.17, 15) is 4.79 Å². The summed E-state index contributed by atoms with van der Waals surface area (Å²) in [7, 11) is 0. The van der Waals surface area contributed by atoms with Crippen LogP contribution in [0.4, 0.5) is 0 Å². The number of amides is 1. The topological polar surface area (TPSA) is 38.3 Å². The van der Waals surface area contributed by atoms with Crippen molar-refractivity contribution in [3.63, 3.8) is 0 Å². The van der Waals surface area contributed by atoms with Crippen LogP contribution in [0.1, 0.15) is 39.5 Å². The summed E-state index contributed by atoms with van der Waals surface area (Å²) < 4.78 is 0. The van der Waals surface area contributed by atoms with Crippen molar-refractivity contribution in [2.45, 2.75) is 39.5 Å². The lowest BCUT2D eigenvalue weighted by Crippen LogP contribution is -2.33. The van der Waals surface area contributed by atoms with Crippen LogP contribution in [0.2, 0.25) is 0 Å². The summed E-state index contributed by atoms with van der Waals surface area (Å²) in [6.07, 6.45) is 4.46. The first-order valence-corrected chi connectivity index (χ1v) is 5.15. The number of nitrogens with one attached hydrogen (secondary N) is 1. The zero-order chi connectivity index (χ0) is 9.68. The van der Waals surface area contributed by atoms with Crippen LogP contribution in [0, 0.1) is 11.8 Å². The Bertz CT molecular complexity index is 170. The maximum atomic E-state index is 11.5. The Morgan fingerprint density at radius 3 is 2.92 bits per heavy atom. The van der Waals surface area contributed by atoms with Gasteiger partial charge in [-0.15, -0.1) is 0 Å². The van der Waals surface area contributed by atoms with Crippen LogP contribution in [-0.2, 0) is 9.63 Å². The number of carbonyl (C=O) groups is 1. The SMILES string of the molecule is CCONC(=O)C1CCCC(C)C1. The molecule has 0 spiro atoms. The highest BCUT2D eigenvalue weighted by Crippen LogP contribution is 2.28. The fourth-order valence-corrected chi connectivity index (χ4v) is 1.90. The van der Waals surface area contributed by atoms with Crippen LogP contribution in [0.5, 0.6) is 0 Å². The lowest BCUT2D eigenvalue weighted by Gasteiger charge is -2.25. The van der Waals surface area contributed by atoms with Gasteiger partial charge in [0.05, 0.1) is 6.61 Å². The first kappa shape index (κ1) is 10.5. The third-order valence-electron chi connectivity index (χ3n) is 2.62. The van der Waals surface area contributed by atoms with Gasteiger partial charge in [-0.1, -0.05) is 19.8 Å². The molecule has 0 aromatic rings. The van der Waals surface area contributed by atoms with Gasteiger partial charge in [0, 0.05) is 5.92 Å². The number of hydrogen-bond acceptors (Lipinski definition) is 2. The molecule has 3 nitrogen and oxygen atoms in total. The fourth-order valence-electron chi connectivity index (χ4n) is 1.90. The highest BCUT2D eigenvalue weighted by atomic mass is 16.6. The van der Waals surface area contributed by atoms with Crippen molar-refractivity contribution >= 4 is 5.91 Å². The minimum absolute atomic E-state index is 0.0633. The third-order valence-corrected chi connectivity index (χ3v) is 2.62. The molecule has 1 rings (SSSR count). The van der Waals surface area contributed by atoms with E-state index < -0.39 is 0 Å². The molecular formula is C10H19NO2. The highest BCUT2D eigenvalue weighted by molar-refractivity contribution is 5.77. The summed E-state index contributed by atoms with van der Waals surface area (Å²) in [4.78, 5) is 16.4. The lowest BCUT2D eigenvalue weighted by atomic mass is 9.82. The van der Waals surface area contributed by atoms with Gasteiger partial charge in [0.15, 0.2) is 0 Å². The van der Waals surface area contributed by atoms with E-state index in [0.717, 1.165) is 12.8 Å². The van der Waals surface area contributed by atoms with Gasteiger partial charge in [0.25, 0.3) is 0 Å². The second-order valence-corrected chi connectivity index (χ2v) is 3.87.